The van der Waals surface area contributed by atoms with E-state index in [0.29, 0.717) is 12.6 Å². The van der Waals surface area contributed by atoms with Crippen LogP contribution in [0.5, 0.6) is 0 Å². The lowest BCUT2D eigenvalue weighted by Crippen LogP contribution is -2.37. The van der Waals surface area contributed by atoms with E-state index in [1.165, 1.54) is 37.1 Å². The molecule has 2 N–H and O–H groups in total. The summed E-state index contributed by atoms with van der Waals surface area (Å²) in [6, 6.07) is 0.689. The van der Waals surface area contributed by atoms with Gasteiger partial charge in [-0.3, -0.25) is 9.58 Å². The van der Waals surface area contributed by atoms with Gasteiger partial charge >= 0.3 is 0 Å². The third-order valence-electron chi connectivity index (χ3n) is 3.66. The standard InChI is InChI=1S/C12H22N4/c1-10-5-3-4-6-16(10)9-12-11(7-13)8-14-15(12)2/h8,10H,3-7,9,13H2,1-2H3/t10-/m0/s1. The quantitative estimate of drug-likeness (QED) is 0.837. The summed E-state index contributed by atoms with van der Waals surface area (Å²) in [5.41, 5.74) is 8.19. The smallest absolute Gasteiger partial charge is 0.0566 e. The highest BCUT2D eigenvalue weighted by molar-refractivity contribution is 5.17. The van der Waals surface area contributed by atoms with Crippen molar-refractivity contribution in [3.05, 3.63) is 17.5 Å². The zero-order chi connectivity index (χ0) is 11.5. The Morgan fingerprint density at radius 2 is 2.31 bits per heavy atom. The van der Waals surface area contributed by atoms with Crippen molar-refractivity contribution in [2.75, 3.05) is 6.54 Å². The van der Waals surface area contributed by atoms with Crippen molar-refractivity contribution in [3.8, 4) is 0 Å². The van der Waals surface area contributed by atoms with E-state index in [9.17, 15) is 0 Å². The Morgan fingerprint density at radius 3 is 3.00 bits per heavy atom. The maximum atomic E-state index is 5.73. The summed E-state index contributed by atoms with van der Waals surface area (Å²) in [5, 5.41) is 4.29. The van der Waals surface area contributed by atoms with Gasteiger partial charge in [-0.05, 0) is 26.3 Å². The molecule has 0 spiro atoms. The van der Waals surface area contributed by atoms with E-state index in [1.54, 1.807) is 0 Å². The number of nitrogens with two attached hydrogens (primary N) is 1. The second-order valence-corrected chi connectivity index (χ2v) is 4.76. The second kappa shape index (κ2) is 4.97. The molecule has 1 saturated heterocycles. The lowest BCUT2D eigenvalue weighted by atomic mass is 10.0. The van der Waals surface area contributed by atoms with Gasteiger partial charge in [0.15, 0.2) is 0 Å². The molecule has 0 amide bonds. The highest BCUT2D eigenvalue weighted by Gasteiger charge is 2.20. The van der Waals surface area contributed by atoms with E-state index in [0.717, 1.165) is 6.54 Å². The Balaban J connectivity index is 2.09. The molecule has 1 aliphatic rings. The minimum atomic E-state index is 0.589. The topological polar surface area (TPSA) is 47.1 Å². The van der Waals surface area contributed by atoms with Gasteiger partial charge < -0.3 is 5.73 Å². The summed E-state index contributed by atoms with van der Waals surface area (Å²) in [6.45, 7) is 5.10. The molecule has 16 heavy (non-hydrogen) atoms. The van der Waals surface area contributed by atoms with Gasteiger partial charge in [0.25, 0.3) is 0 Å². The third-order valence-corrected chi connectivity index (χ3v) is 3.66. The molecule has 1 aliphatic heterocycles. The Labute approximate surface area is 97.4 Å². The number of likely N-dealkylation sites (tertiary alicyclic amines) is 1. The zero-order valence-corrected chi connectivity index (χ0v) is 10.3. The van der Waals surface area contributed by atoms with Crippen LogP contribution in [0.25, 0.3) is 0 Å². The van der Waals surface area contributed by atoms with Crippen LogP contribution >= 0.6 is 0 Å². The first kappa shape index (κ1) is 11.6. The molecule has 0 saturated carbocycles. The first-order chi connectivity index (χ1) is 7.72. The van der Waals surface area contributed by atoms with Gasteiger partial charge in [-0.25, -0.2) is 0 Å². The number of nitrogens with zero attached hydrogens (tertiary/aromatic N) is 3. The molecular formula is C12H22N4. The predicted octanol–water partition coefficient (Wildman–Crippen LogP) is 1.25. The lowest BCUT2D eigenvalue weighted by Gasteiger charge is -2.33. The molecule has 4 heteroatoms. The van der Waals surface area contributed by atoms with Gasteiger partial charge in [0, 0.05) is 31.7 Å². The maximum absolute atomic E-state index is 5.73. The SMILES string of the molecule is C[C@H]1CCCCN1Cc1c(CN)cnn1C. The Hall–Kier alpha value is -0.870. The minimum Gasteiger partial charge on any atom is -0.326 e. The fourth-order valence-electron chi connectivity index (χ4n) is 2.47. The van der Waals surface area contributed by atoms with Crippen molar-refractivity contribution in [1.82, 2.24) is 14.7 Å². The van der Waals surface area contributed by atoms with Crippen LogP contribution in [0.1, 0.15) is 37.4 Å². The van der Waals surface area contributed by atoms with Crippen molar-refractivity contribution in [2.45, 2.75) is 45.3 Å². The van der Waals surface area contributed by atoms with Crippen molar-refractivity contribution in [2.24, 2.45) is 12.8 Å². The van der Waals surface area contributed by atoms with Crippen LogP contribution in [-0.2, 0) is 20.1 Å². The molecule has 0 aliphatic carbocycles. The van der Waals surface area contributed by atoms with E-state index in [-0.39, 0.29) is 0 Å². The second-order valence-electron chi connectivity index (χ2n) is 4.76. The van der Waals surface area contributed by atoms with Gasteiger partial charge in [-0.15, -0.1) is 0 Å². The van der Waals surface area contributed by atoms with E-state index in [2.05, 4.69) is 16.9 Å². The van der Waals surface area contributed by atoms with Crippen molar-refractivity contribution in [1.29, 1.82) is 0 Å². The molecule has 1 fully saturated rings. The lowest BCUT2D eigenvalue weighted by molar-refractivity contribution is 0.148. The van der Waals surface area contributed by atoms with Crippen molar-refractivity contribution >= 4 is 0 Å². The van der Waals surface area contributed by atoms with Crippen LogP contribution in [0.4, 0.5) is 0 Å². The summed E-state index contributed by atoms with van der Waals surface area (Å²) in [4.78, 5) is 2.54. The summed E-state index contributed by atoms with van der Waals surface area (Å²) < 4.78 is 1.96. The van der Waals surface area contributed by atoms with Crippen LogP contribution in [0.15, 0.2) is 6.20 Å². The number of hydrogen-bond donors (Lipinski definition) is 1. The highest BCUT2D eigenvalue weighted by Crippen LogP contribution is 2.20. The van der Waals surface area contributed by atoms with Crippen LogP contribution < -0.4 is 5.73 Å². The molecule has 0 unspecified atom stereocenters. The normalized spacial score (nSPS) is 22.6. The summed E-state index contributed by atoms with van der Waals surface area (Å²) >= 11 is 0. The summed E-state index contributed by atoms with van der Waals surface area (Å²) in [7, 11) is 2.00. The first-order valence-corrected chi connectivity index (χ1v) is 6.16. The van der Waals surface area contributed by atoms with Gasteiger partial charge in [0.05, 0.1) is 11.9 Å². The number of rotatable bonds is 3. The predicted molar refractivity (Wildman–Crippen MR) is 64.8 cm³/mol. The molecule has 2 heterocycles. The molecule has 4 nitrogen and oxygen atoms in total. The molecular weight excluding hydrogens is 200 g/mol. The zero-order valence-electron chi connectivity index (χ0n) is 10.3. The molecule has 0 radical (unpaired) electrons. The fraction of sp³-hybridized carbons (Fsp3) is 0.750. The van der Waals surface area contributed by atoms with Crippen LogP contribution in [0, 0.1) is 0 Å². The monoisotopic (exact) mass is 222 g/mol. The van der Waals surface area contributed by atoms with E-state index < -0.39 is 0 Å². The van der Waals surface area contributed by atoms with Gasteiger partial charge in [-0.2, -0.15) is 5.10 Å². The Bertz CT molecular complexity index is 345. The fourth-order valence-corrected chi connectivity index (χ4v) is 2.47. The molecule has 1 aromatic heterocycles. The van der Waals surface area contributed by atoms with Gasteiger partial charge in [-0.1, -0.05) is 6.42 Å². The van der Waals surface area contributed by atoms with Crippen molar-refractivity contribution in [3.63, 3.8) is 0 Å². The number of aryl methyl sites for hydroxylation is 1. The van der Waals surface area contributed by atoms with E-state index in [1.807, 2.05) is 17.9 Å². The molecule has 90 valence electrons. The molecule has 0 aromatic carbocycles. The van der Waals surface area contributed by atoms with Crippen molar-refractivity contribution < 1.29 is 0 Å². The van der Waals surface area contributed by atoms with Crippen LogP contribution in [0.3, 0.4) is 0 Å². The highest BCUT2D eigenvalue weighted by atomic mass is 15.3. The minimum absolute atomic E-state index is 0.589. The number of aromatic nitrogens is 2. The third kappa shape index (κ3) is 2.28. The Kier molecular flexibility index (Phi) is 3.61. The number of piperidine rings is 1. The van der Waals surface area contributed by atoms with E-state index in [4.69, 9.17) is 5.73 Å². The van der Waals surface area contributed by atoms with Crippen LogP contribution in [0.2, 0.25) is 0 Å². The molecule has 0 bridgehead atoms. The Morgan fingerprint density at radius 1 is 1.50 bits per heavy atom. The van der Waals surface area contributed by atoms with Crippen LogP contribution in [-0.4, -0.2) is 27.3 Å². The average Bonchev–Trinajstić information content (AvgIpc) is 2.63. The largest absolute Gasteiger partial charge is 0.326 e. The van der Waals surface area contributed by atoms with E-state index >= 15 is 0 Å². The molecule has 2 rings (SSSR count). The molecule has 1 atom stereocenters. The van der Waals surface area contributed by atoms with Gasteiger partial charge in [0.1, 0.15) is 0 Å². The first-order valence-electron chi connectivity index (χ1n) is 6.16. The summed E-state index contributed by atoms with van der Waals surface area (Å²) in [6.07, 6.45) is 5.90. The summed E-state index contributed by atoms with van der Waals surface area (Å²) in [5.74, 6) is 0. The average molecular weight is 222 g/mol. The molecule has 1 aromatic rings. The number of hydrogen-bond acceptors (Lipinski definition) is 3. The maximum Gasteiger partial charge on any atom is 0.0566 e. The van der Waals surface area contributed by atoms with Gasteiger partial charge in [0.2, 0.25) is 0 Å².